The summed E-state index contributed by atoms with van der Waals surface area (Å²) in [6.45, 7) is 3.15. The number of nitriles is 1. The highest BCUT2D eigenvalue weighted by molar-refractivity contribution is 8.00. The summed E-state index contributed by atoms with van der Waals surface area (Å²) >= 11 is 1.29. The quantitative estimate of drug-likeness (QED) is 0.548. The van der Waals surface area contributed by atoms with E-state index in [1.165, 1.54) is 24.8 Å². The molecule has 0 saturated heterocycles. The fraction of sp³-hybridized carbons (Fsp3) is 0.333. The smallest absolute Gasteiger partial charge is 0.327 e. The number of thioether (sulfide) groups is 1. The van der Waals surface area contributed by atoms with Crippen molar-refractivity contribution in [2.75, 3.05) is 10.7 Å². The lowest BCUT2D eigenvalue weighted by Gasteiger charge is -2.45. The molecule has 1 aromatic rings. The monoisotopic (exact) mass is 426 g/mol. The van der Waals surface area contributed by atoms with E-state index >= 15 is 0 Å². The molecule has 3 rings (SSSR count). The third-order valence-electron chi connectivity index (χ3n) is 5.34. The van der Waals surface area contributed by atoms with E-state index in [0.29, 0.717) is 5.57 Å². The van der Waals surface area contributed by atoms with Crippen molar-refractivity contribution in [1.29, 1.82) is 10.7 Å². The van der Waals surface area contributed by atoms with Crippen molar-refractivity contribution in [3.63, 3.8) is 0 Å². The molecule has 156 valence electrons. The van der Waals surface area contributed by atoms with Gasteiger partial charge in [0.1, 0.15) is 23.5 Å². The van der Waals surface area contributed by atoms with E-state index in [-0.39, 0.29) is 34.6 Å². The molecule has 1 aliphatic heterocycles. The number of nitrogens with one attached hydrogen (secondary N) is 2. The van der Waals surface area contributed by atoms with Crippen molar-refractivity contribution in [1.82, 2.24) is 5.32 Å². The number of benzene rings is 1. The van der Waals surface area contributed by atoms with Crippen LogP contribution in [-0.2, 0) is 9.59 Å². The Morgan fingerprint density at radius 2 is 2.10 bits per heavy atom. The second-order valence-electron chi connectivity index (χ2n) is 7.32. The summed E-state index contributed by atoms with van der Waals surface area (Å²) in [5.74, 6) is -1.41. The van der Waals surface area contributed by atoms with Gasteiger partial charge in [0.25, 0.3) is 0 Å². The molecule has 0 fully saturated rings. The summed E-state index contributed by atoms with van der Waals surface area (Å²) in [4.78, 5) is 24.6. The number of amidine groups is 1. The zero-order valence-electron chi connectivity index (χ0n) is 16.5. The van der Waals surface area contributed by atoms with Crippen molar-refractivity contribution >= 4 is 35.2 Å². The average Bonchev–Trinajstić information content (AvgIpc) is 2.91. The van der Waals surface area contributed by atoms with Crippen LogP contribution in [0.4, 0.5) is 5.69 Å². The average molecular weight is 426 g/mol. The highest BCUT2D eigenvalue weighted by Crippen LogP contribution is 2.50. The number of aliphatic carboxylic acids is 1. The number of hydrogen-bond donors (Lipinski definition) is 4. The first-order valence-corrected chi connectivity index (χ1v) is 10.3. The first-order chi connectivity index (χ1) is 14.2. The molecule has 2 unspecified atom stereocenters. The number of anilines is 1. The van der Waals surface area contributed by atoms with Gasteiger partial charge >= 0.3 is 5.97 Å². The maximum atomic E-state index is 11.5. The number of hydrogen-bond acceptors (Lipinski definition) is 6. The van der Waals surface area contributed by atoms with Crippen LogP contribution in [0.1, 0.15) is 20.3 Å². The van der Waals surface area contributed by atoms with Crippen LogP contribution in [0.2, 0.25) is 0 Å². The molecule has 2 aliphatic rings. The Hall–Kier alpha value is -3.25. The van der Waals surface area contributed by atoms with Gasteiger partial charge in [-0.25, -0.2) is 4.79 Å². The van der Waals surface area contributed by atoms with Crippen LogP contribution in [-0.4, -0.2) is 50.5 Å². The predicted octanol–water partition coefficient (Wildman–Crippen LogP) is 2.60. The van der Waals surface area contributed by atoms with Gasteiger partial charge in [-0.1, -0.05) is 18.2 Å². The zero-order valence-corrected chi connectivity index (χ0v) is 17.4. The van der Waals surface area contributed by atoms with Crippen molar-refractivity contribution in [3.8, 4) is 6.07 Å². The van der Waals surface area contributed by atoms with E-state index < -0.39 is 23.5 Å². The third-order valence-corrected chi connectivity index (χ3v) is 6.89. The number of para-hydroxylation sites is 1. The highest BCUT2D eigenvalue weighted by Gasteiger charge is 2.53. The molecule has 1 aromatic carbocycles. The minimum atomic E-state index is -1.15. The minimum Gasteiger partial charge on any atom is -0.512 e. The predicted molar refractivity (Wildman–Crippen MR) is 115 cm³/mol. The number of fused-ring (bicyclic) bond motifs is 1. The van der Waals surface area contributed by atoms with E-state index in [1.54, 1.807) is 4.90 Å². The van der Waals surface area contributed by atoms with Crippen LogP contribution < -0.4 is 10.2 Å². The Balaban J connectivity index is 2.02. The summed E-state index contributed by atoms with van der Waals surface area (Å²) in [5.41, 5.74) is 0.589. The Morgan fingerprint density at radius 1 is 1.43 bits per heavy atom. The van der Waals surface area contributed by atoms with Crippen molar-refractivity contribution < 1.29 is 19.8 Å². The van der Waals surface area contributed by atoms with Gasteiger partial charge in [-0.15, -0.1) is 0 Å². The molecule has 0 radical (unpaired) electrons. The molecular formula is C21H22N4O4S. The van der Waals surface area contributed by atoms with E-state index in [2.05, 4.69) is 11.4 Å². The van der Waals surface area contributed by atoms with Crippen molar-refractivity contribution in [3.05, 3.63) is 53.3 Å². The number of amides is 1. The Kier molecular flexibility index (Phi) is 5.89. The van der Waals surface area contributed by atoms with Crippen LogP contribution in [0, 0.1) is 16.7 Å². The zero-order chi connectivity index (χ0) is 22.1. The third kappa shape index (κ3) is 3.66. The summed E-state index contributed by atoms with van der Waals surface area (Å²) in [7, 11) is 0. The highest BCUT2D eigenvalue weighted by atomic mass is 32.2. The molecule has 3 atom stereocenters. The lowest BCUT2D eigenvalue weighted by atomic mass is 9.81. The summed E-state index contributed by atoms with van der Waals surface area (Å²) in [6, 6.07) is 10.2. The van der Waals surface area contributed by atoms with Crippen LogP contribution in [0.3, 0.4) is 0 Å². The number of allylic oxidation sites excluding steroid dienone is 1. The van der Waals surface area contributed by atoms with Crippen LogP contribution in [0.15, 0.2) is 53.3 Å². The fourth-order valence-electron chi connectivity index (χ4n) is 3.94. The molecule has 1 amide bonds. The largest absolute Gasteiger partial charge is 0.512 e. The molecule has 0 bridgehead atoms. The van der Waals surface area contributed by atoms with Crippen molar-refractivity contribution in [2.45, 2.75) is 37.1 Å². The molecule has 0 spiro atoms. The number of aliphatic hydroxyl groups is 1. The van der Waals surface area contributed by atoms with Crippen molar-refractivity contribution in [2.24, 2.45) is 0 Å². The number of carboxylic acids is 1. The van der Waals surface area contributed by atoms with E-state index in [4.69, 9.17) is 5.41 Å². The molecule has 1 heterocycles. The van der Waals surface area contributed by atoms with Gasteiger partial charge in [0.2, 0.25) is 5.91 Å². The second-order valence-corrected chi connectivity index (χ2v) is 8.56. The van der Waals surface area contributed by atoms with Crippen LogP contribution in [0.5, 0.6) is 0 Å². The molecule has 1 aliphatic carbocycles. The lowest BCUT2D eigenvalue weighted by Crippen LogP contribution is -2.55. The van der Waals surface area contributed by atoms with Crippen LogP contribution >= 0.6 is 11.8 Å². The molecule has 8 nitrogen and oxygen atoms in total. The van der Waals surface area contributed by atoms with Gasteiger partial charge in [0.05, 0.1) is 11.3 Å². The minimum absolute atomic E-state index is 0.0365. The number of carbonyl (C=O) groups excluding carboxylic acids is 1. The molecule has 0 saturated carbocycles. The van der Waals surface area contributed by atoms with Gasteiger partial charge in [-0.3, -0.25) is 10.2 Å². The first kappa shape index (κ1) is 21.5. The number of aliphatic hydroxyl groups excluding tert-OH is 1. The normalized spacial score (nSPS) is 24.0. The van der Waals surface area contributed by atoms with E-state index in [1.807, 2.05) is 37.3 Å². The molecule has 9 heteroatoms. The Morgan fingerprint density at radius 3 is 2.67 bits per heavy atom. The topological polar surface area (TPSA) is 138 Å². The summed E-state index contributed by atoms with van der Waals surface area (Å²) in [5, 5.41) is 40.2. The van der Waals surface area contributed by atoms with E-state index in [9.17, 15) is 25.1 Å². The number of rotatable bonds is 6. The summed E-state index contributed by atoms with van der Waals surface area (Å²) < 4.78 is 0. The number of carboxylic acid groups (broad SMARTS) is 1. The Labute approximate surface area is 178 Å². The standard InChI is InChI=1S/C21H22N4O4S/c1-12(26)24-17(20(28)29)11-30-18-9-14(27)8-16-15(10-22)19(23)25(21(16,18)2)13-6-4-3-5-7-13/h3-8,17-18,23,27H,9,11H2,1-2H3,(H,24,26)(H,28,29)/t17-,18?,21?/m0/s1. The SMILES string of the molecule is CC(=O)N[C@@H](CSC1CC(O)=CC2=C(C#N)C(=N)N(c3ccccc3)C21C)C(=O)O. The van der Waals surface area contributed by atoms with E-state index in [0.717, 1.165) is 5.69 Å². The van der Waals surface area contributed by atoms with Gasteiger partial charge in [-0.2, -0.15) is 17.0 Å². The van der Waals surface area contributed by atoms with Crippen LogP contribution in [0.25, 0.3) is 0 Å². The van der Waals surface area contributed by atoms with Gasteiger partial charge in [-0.05, 0) is 25.1 Å². The van der Waals surface area contributed by atoms with Gasteiger partial charge in [0, 0.05) is 35.6 Å². The second kappa shape index (κ2) is 8.24. The van der Waals surface area contributed by atoms with Gasteiger partial charge < -0.3 is 20.4 Å². The molecular weight excluding hydrogens is 404 g/mol. The molecule has 4 N–H and O–H groups in total. The lowest BCUT2D eigenvalue weighted by molar-refractivity contribution is -0.140. The Bertz CT molecular complexity index is 998. The summed E-state index contributed by atoms with van der Waals surface area (Å²) in [6.07, 6.45) is 1.78. The first-order valence-electron chi connectivity index (χ1n) is 9.30. The maximum Gasteiger partial charge on any atom is 0.327 e. The molecule has 0 aromatic heterocycles. The maximum absolute atomic E-state index is 11.5. The number of nitrogens with zero attached hydrogens (tertiary/aromatic N) is 2. The number of carbonyl (C=O) groups is 2. The fourth-order valence-corrected chi connectivity index (χ4v) is 5.43. The molecule has 30 heavy (non-hydrogen) atoms. The van der Waals surface area contributed by atoms with Gasteiger partial charge in [0.15, 0.2) is 0 Å².